The zero-order valence-corrected chi connectivity index (χ0v) is 8.85. The first kappa shape index (κ1) is 12.8. The number of carboxylic acids is 1. The van der Waals surface area contributed by atoms with E-state index in [0.29, 0.717) is 6.42 Å². The standard InChI is InChI=1S/C9H18O3S/c1-2-6-13-7-4-3-5-8(10)9(11)12/h8,10H,2-7H2,1H3,(H,11,12). The summed E-state index contributed by atoms with van der Waals surface area (Å²) in [5.74, 6) is 1.13. The lowest BCUT2D eigenvalue weighted by molar-refractivity contribution is -0.146. The fourth-order valence-electron chi connectivity index (χ4n) is 0.912. The van der Waals surface area contributed by atoms with E-state index in [1.165, 1.54) is 12.2 Å². The lowest BCUT2D eigenvalue weighted by Crippen LogP contribution is -2.18. The second-order valence-corrected chi connectivity index (χ2v) is 4.19. The molecule has 0 aromatic rings. The van der Waals surface area contributed by atoms with Crippen LogP contribution in [-0.2, 0) is 4.79 Å². The van der Waals surface area contributed by atoms with Crippen LogP contribution in [0.3, 0.4) is 0 Å². The molecule has 0 aromatic carbocycles. The Morgan fingerprint density at radius 3 is 2.62 bits per heavy atom. The van der Waals surface area contributed by atoms with Crippen molar-refractivity contribution in [3.05, 3.63) is 0 Å². The van der Waals surface area contributed by atoms with Gasteiger partial charge in [0.25, 0.3) is 0 Å². The highest BCUT2D eigenvalue weighted by Crippen LogP contribution is 2.08. The smallest absolute Gasteiger partial charge is 0.332 e. The molecule has 0 spiro atoms. The Morgan fingerprint density at radius 2 is 2.08 bits per heavy atom. The Balaban J connectivity index is 3.11. The predicted octanol–water partition coefficient (Wildman–Crippen LogP) is 1.75. The molecule has 1 atom stereocenters. The summed E-state index contributed by atoms with van der Waals surface area (Å²) in [6, 6.07) is 0. The van der Waals surface area contributed by atoms with Crippen molar-refractivity contribution in [3.63, 3.8) is 0 Å². The molecular formula is C9H18O3S. The minimum absolute atomic E-state index is 0.377. The Hall–Kier alpha value is -0.220. The number of carbonyl (C=O) groups is 1. The maximum absolute atomic E-state index is 10.2. The van der Waals surface area contributed by atoms with Crippen molar-refractivity contribution in [1.29, 1.82) is 0 Å². The van der Waals surface area contributed by atoms with E-state index >= 15 is 0 Å². The maximum Gasteiger partial charge on any atom is 0.332 e. The van der Waals surface area contributed by atoms with Gasteiger partial charge in [0, 0.05) is 0 Å². The molecule has 1 unspecified atom stereocenters. The van der Waals surface area contributed by atoms with E-state index in [-0.39, 0.29) is 0 Å². The fraction of sp³-hybridized carbons (Fsp3) is 0.889. The Kier molecular flexibility index (Phi) is 8.24. The van der Waals surface area contributed by atoms with E-state index in [4.69, 9.17) is 10.2 Å². The van der Waals surface area contributed by atoms with E-state index in [9.17, 15) is 4.79 Å². The zero-order valence-electron chi connectivity index (χ0n) is 8.03. The normalized spacial score (nSPS) is 12.8. The number of thioether (sulfide) groups is 1. The quantitative estimate of drug-likeness (QED) is 0.594. The van der Waals surface area contributed by atoms with Crippen LogP contribution >= 0.6 is 11.8 Å². The van der Waals surface area contributed by atoms with Crippen molar-refractivity contribution in [3.8, 4) is 0 Å². The number of unbranched alkanes of at least 4 members (excludes halogenated alkanes) is 1. The third kappa shape index (κ3) is 8.12. The monoisotopic (exact) mass is 206 g/mol. The molecule has 3 nitrogen and oxygen atoms in total. The average molecular weight is 206 g/mol. The number of rotatable bonds is 8. The summed E-state index contributed by atoms with van der Waals surface area (Å²) >= 11 is 1.88. The summed E-state index contributed by atoms with van der Waals surface area (Å²) in [7, 11) is 0. The number of hydrogen-bond acceptors (Lipinski definition) is 3. The molecule has 0 radical (unpaired) electrons. The van der Waals surface area contributed by atoms with Crippen LogP contribution in [0.25, 0.3) is 0 Å². The molecule has 0 bridgehead atoms. The molecule has 0 amide bonds. The molecule has 4 heteroatoms. The SMILES string of the molecule is CCCSCCCCC(O)C(=O)O. The largest absolute Gasteiger partial charge is 0.479 e. The Labute approximate surface area is 83.5 Å². The maximum atomic E-state index is 10.2. The van der Waals surface area contributed by atoms with Gasteiger partial charge in [0.2, 0.25) is 0 Å². The zero-order chi connectivity index (χ0) is 10.1. The third-order valence-electron chi connectivity index (χ3n) is 1.65. The predicted molar refractivity (Wildman–Crippen MR) is 55.1 cm³/mol. The summed E-state index contributed by atoms with van der Waals surface area (Å²) in [5, 5.41) is 17.3. The molecular weight excluding hydrogens is 188 g/mol. The number of aliphatic hydroxyl groups excluding tert-OH is 1. The third-order valence-corrected chi connectivity index (χ3v) is 2.92. The van der Waals surface area contributed by atoms with Crippen LogP contribution in [0.2, 0.25) is 0 Å². The summed E-state index contributed by atoms with van der Waals surface area (Å²) in [4.78, 5) is 10.2. The van der Waals surface area contributed by atoms with Gasteiger partial charge in [-0.1, -0.05) is 6.92 Å². The molecule has 0 heterocycles. The van der Waals surface area contributed by atoms with Crippen LogP contribution in [-0.4, -0.2) is 33.8 Å². The van der Waals surface area contributed by atoms with Gasteiger partial charge in [0.1, 0.15) is 0 Å². The van der Waals surface area contributed by atoms with Crippen molar-refractivity contribution in [2.45, 2.75) is 38.7 Å². The van der Waals surface area contributed by atoms with Gasteiger partial charge in [0.05, 0.1) is 0 Å². The van der Waals surface area contributed by atoms with Gasteiger partial charge < -0.3 is 10.2 Å². The topological polar surface area (TPSA) is 57.5 Å². The lowest BCUT2D eigenvalue weighted by atomic mass is 10.2. The van der Waals surface area contributed by atoms with Gasteiger partial charge in [-0.2, -0.15) is 11.8 Å². The Morgan fingerprint density at radius 1 is 1.38 bits per heavy atom. The van der Waals surface area contributed by atoms with E-state index < -0.39 is 12.1 Å². The highest BCUT2D eigenvalue weighted by molar-refractivity contribution is 7.99. The molecule has 78 valence electrons. The van der Waals surface area contributed by atoms with E-state index in [2.05, 4.69) is 6.92 Å². The molecule has 0 saturated carbocycles. The van der Waals surface area contributed by atoms with E-state index in [1.807, 2.05) is 11.8 Å². The molecule has 0 aromatic heterocycles. The first-order valence-corrected chi connectivity index (χ1v) is 5.82. The van der Waals surface area contributed by atoms with Crippen LogP contribution < -0.4 is 0 Å². The number of aliphatic hydroxyl groups is 1. The van der Waals surface area contributed by atoms with Gasteiger partial charge in [-0.15, -0.1) is 0 Å². The van der Waals surface area contributed by atoms with Crippen LogP contribution in [0.4, 0.5) is 0 Å². The van der Waals surface area contributed by atoms with Crippen molar-refractivity contribution in [2.75, 3.05) is 11.5 Å². The summed E-state index contributed by atoms with van der Waals surface area (Å²) in [6.45, 7) is 2.14. The second kappa shape index (κ2) is 8.38. The van der Waals surface area contributed by atoms with Gasteiger partial charge in [-0.05, 0) is 37.2 Å². The van der Waals surface area contributed by atoms with Crippen molar-refractivity contribution in [2.24, 2.45) is 0 Å². The van der Waals surface area contributed by atoms with Gasteiger partial charge in [0.15, 0.2) is 6.10 Å². The average Bonchev–Trinajstić information content (AvgIpc) is 2.10. The molecule has 2 N–H and O–H groups in total. The van der Waals surface area contributed by atoms with Crippen molar-refractivity contribution in [1.82, 2.24) is 0 Å². The second-order valence-electron chi connectivity index (χ2n) is 2.96. The van der Waals surface area contributed by atoms with E-state index in [0.717, 1.165) is 18.6 Å². The summed E-state index contributed by atoms with van der Waals surface area (Å²) in [6.07, 6.45) is 2.18. The van der Waals surface area contributed by atoms with Crippen LogP contribution in [0.5, 0.6) is 0 Å². The minimum atomic E-state index is -1.17. The minimum Gasteiger partial charge on any atom is -0.479 e. The number of hydrogen-bond donors (Lipinski definition) is 2. The van der Waals surface area contributed by atoms with Gasteiger partial charge in [-0.3, -0.25) is 0 Å². The van der Waals surface area contributed by atoms with E-state index in [1.54, 1.807) is 0 Å². The van der Waals surface area contributed by atoms with Crippen LogP contribution in [0, 0.1) is 0 Å². The fourth-order valence-corrected chi connectivity index (χ4v) is 1.81. The number of aliphatic carboxylic acids is 1. The highest BCUT2D eigenvalue weighted by atomic mass is 32.2. The lowest BCUT2D eigenvalue weighted by Gasteiger charge is -2.04. The van der Waals surface area contributed by atoms with Crippen molar-refractivity contribution < 1.29 is 15.0 Å². The summed E-state index contributed by atoms with van der Waals surface area (Å²) < 4.78 is 0. The highest BCUT2D eigenvalue weighted by Gasteiger charge is 2.11. The van der Waals surface area contributed by atoms with Gasteiger partial charge >= 0.3 is 5.97 Å². The molecule has 0 aliphatic heterocycles. The number of carboxylic acid groups (broad SMARTS) is 1. The molecule has 0 aliphatic rings. The Bertz CT molecular complexity index is 139. The van der Waals surface area contributed by atoms with Crippen LogP contribution in [0.15, 0.2) is 0 Å². The molecule has 13 heavy (non-hydrogen) atoms. The molecule has 0 fully saturated rings. The molecule has 0 aliphatic carbocycles. The van der Waals surface area contributed by atoms with Crippen molar-refractivity contribution >= 4 is 17.7 Å². The summed E-state index contributed by atoms with van der Waals surface area (Å²) in [5.41, 5.74) is 0. The first-order chi connectivity index (χ1) is 6.18. The molecule has 0 saturated heterocycles. The van der Waals surface area contributed by atoms with Crippen LogP contribution in [0.1, 0.15) is 32.6 Å². The molecule has 0 rings (SSSR count). The first-order valence-electron chi connectivity index (χ1n) is 4.67. The van der Waals surface area contributed by atoms with Gasteiger partial charge in [-0.25, -0.2) is 4.79 Å².